The fourth-order valence-corrected chi connectivity index (χ4v) is 2.34. The molecule has 0 aromatic carbocycles. The Morgan fingerprint density at radius 2 is 1.08 bits per heavy atom. The summed E-state index contributed by atoms with van der Waals surface area (Å²) in [6.07, 6.45) is 14.4. The molecule has 5 heteroatoms. The van der Waals surface area contributed by atoms with E-state index in [2.05, 4.69) is 6.92 Å². The van der Waals surface area contributed by atoms with Gasteiger partial charge in [-0.3, -0.25) is 10.2 Å². The molecule has 0 aromatic heterocycles. The maximum absolute atomic E-state index is 10.3. The van der Waals surface area contributed by atoms with Crippen LogP contribution in [0.2, 0.25) is 0 Å². The van der Waals surface area contributed by atoms with E-state index in [1.165, 1.54) is 57.8 Å². The summed E-state index contributed by atoms with van der Waals surface area (Å²) in [6.45, 7) is 2.25. The molecule has 0 heterocycles. The van der Waals surface area contributed by atoms with E-state index >= 15 is 0 Å². The van der Waals surface area contributed by atoms with Crippen molar-refractivity contribution in [3.63, 3.8) is 0 Å². The largest absolute Gasteiger partial charge is 0.481 e. The second-order valence-corrected chi connectivity index (χ2v) is 6.79. The molecule has 0 radical (unpaired) electrons. The van der Waals surface area contributed by atoms with Crippen molar-refractivity contribution < 1.29 is 9.90 Å². The molecule has 0 aliphatic rings. The third kappa shape index (κ3) is 20.7. The molecule has 0 amide bonds. The minimum atomic E-state index is -0.657. The van der Waals surface area contributed by atoms with Crippen LogP contribution in [0, 0.1) is 5.41 Å². The number of carboxylic acid groups (broad SMARTS) is 1. The van der Waals surface area contributed by atoms with E-state index in [1.54, 1.807) is 9.80 Å². The molecule has 0 aliphatic carbocycles. The lowest BCUT2D eigenvalue weighted by molar-refractivity contribution is -0.137. The first-order valence-corrected chi connectivity index (χ1v) is 9.47. The van der Waals surface area contributed by atoms with Crippen LogP contribution in [0.1, 0.15) is 84.0 Å². The average Bonchev–Trinajstić information content (AvgIpc) is 2.52. The molecule has 0 aromatic rings. The third-order valence-corrected chi connectivity index (χ3v) is 3.84. The number of hydrogen-bond acceptors (Lipinski definition) is 2. The number of guanidine groups is 1. The number of unbranched alkanes of at least 4 members (excludes halogenated alkanes) is 10. The molecule has 0 rings (SSSR count). The van der Waals surface area contributed by atoms with Crippen LogP contribution in [0.5, 0.6) is 0 Å². The lowest BCUT2D eigenvalue weighted by Crippen LogP contribution is -2.34. The zero-order valence-electron chi connectivity index (χ0n) is 16.7. The van der Waals surface area contributed by atoms with E-state index in [1.807, 2.05) is 28.2 Å². The lowest BCUT2D eigenvalue weighted by atomic mass is 10.1. The van der Waals surface area contributed by atoms with Crippen molar-refractivity contribution in [3.8, 4) is 0 Å². The van der Waals surface area contributed by atoms with Gasteiger partial charge in [-0.15, -0.1) is 0 Å². The van der Waals surface area contributed by atoms with Gasteiger partial charge < -0.3 is 14.9 Å². The van der Waals surface area contributed by atoms with Crippen LogP contribution in [0.25, 0.3) is 0 Å². The van der Waals surface area contributed by atoms with Crippen LogP contribution >= 0.6 is 0 Å². The van der Waals surface area contributed by atoms with Gasteiger partial charge in [0, 0.05) is 34.6 Å². The molecule has 0 bridgehead atoms. The summed E-state index contributed by atoms with van der Waals surface area (Å²) in [6, 6.07) is 0. The van der Waals surface area contributed by atoms with Gasteiger partial charge in [0.05, 0.1) is 0 Å². The molecule has 0 fully saturated rings. The number of nitrogens with one attached hydrogen (secondary N) is 1. The Balaban J connectivity index is 0. The molecule has 0 aliphatic heterocycles. The van der Waals surface area contributed by atoms with Gasteiger partial charge in [0.25, 0.3) is 0 Å². The Hall–Kier alpha value is -1.26. The summed E-state index contributed by atoms with van der Waals surface area (Å²) >= 11 is 0. The zero-order chi connectivity index (χ0) is 18.8. The number of aliphatic carboxylic acids is 1. The van der Waals surface area contributed by atoms with Crippen molar-refractivity contribution in [2.75, 3.05) is 28.2 Å². The summed E-state index contributed by atoms with van der Waals surface area (Å²) in [4.78, 5) is 13.8. The maximum atomic E-state index is 10.3. The van der Waals surface area contributed by atoms with E-state index in [0.29, 0.717) is 12.4 Å². The van der Waals surface area contributed by atoms with Crippen molar-refractivity contribution in [1.82, 2.24) is 9.80 Å². The van der Waals surface area contributed by atoms with Crippen molar-refractivity contribution >= 4 is 11.9 Å². The van der Waals surface area contributed by atoms with Crippen LogP contribution in [-0.2, 0) is 4.79 Å². The monoisotopic (exact) mass is 343 g/mol. The smallest absolute Gasteiger partial charge is 0.303 e. The predicted octanol–water partition coefficient (Wildman–Crippen LogP) is 4.82. The van der Waals surface area contributed by atoms with E-state index in [9.17, 15) is 4.79 Å². The molecule has 0 saturated carbocycles. The fraction of sp³-hybridized carbons (Fsp3) is 0.895. The lowest BCUT2D eigenvalue weighted by Gasteiger charge is -2.19. The highest BCUT2D eigenvalue weighted by Crippen LogP contribution is 2.11. The molecule has 144 valence electrons. The molecular weight excluding hydrogens is 302 g/mol. The van der Waals surface area contributed by atoms with Crippen LogP contribution in [-0.4, -0.2) is 55.0 Å². The predicted molar refractivity (Wildman–Crippen MR) is 104 cm³/mol. The molecule has 0 spiro atoms. The number of hydrogen-bond donors (Lipinski definition) is 2. The maximum Gasteiger partial charge on any atom is 0.303 e. The van der Waals surface area contributed by atoms with Gasteiger partial charge in [-0.25, -0.2) is 0 Å². The standard InChI is InChI=1S/C14H28O2.C5H13N3/c1-2-3-4-5-6-7-8-9-10-11-12-13-14(15)16;1-7(2)5(6)8(3)4/h2-13H2,1H3,(H,15,16);6H,1-4H3. The van der Waals surface area contributed by atoms with Crippen molar-refractivity contribution in [3.05, 3.63) is 0 Å². The minimum Gasteiger partial charge on any atom is -0.481 e. The number of rotatable bonds is 12. The normalized spacial score (nSPS) is 9.88. The zero-order valence-corrected chi connectivity index (χ0v) is 16.7. The summed E-state index contributed by atoms with van der Waals surface area (Å²) < 4.78 is 0. The van der Waals surface area contributed by atoms with Crippen molar-refractivity contribution in [2.45, 2.75) is 84.0 Å². The Morgan fingerprint density at radius 1 is 0.750 bits per heavy atom. The van der Waals surface area contributed by atoms with Gasteiger partial charge >= 0.3 is 5.97 Å². The summed E-state index contributed by atoms with van der Waals surface area (Å²) in [5, 5.41) is 15.7. The second kappa shape index (κ2) is 18.1. The van der Waals surface area contributed by atoms with E-state index in [0.717, 1.165) is 12.8 Å². The average molecular weight is 344 g/mol. The van der Waals surface area contributed by atoms with Crippen LogP contribution in [0.15, 0.2) is 0 Å². The Kier molecular flexibility index (Phi) is 18.8. The molecule has 0 unspecified atom stereocenters. The van der Waals surface area contributed by atoms with Gasteiger partial charge in [-0.1, -0.05) is 71.1 Å². The SMILES string of the molecule is CCCCCCCCCCCCCC(=O)O.CN(C)C(=N)N(C)C. The quantitative estimate of drug-likeness (QED) is 0.303. The number of carbonyl (C=O) groups is 1. The van der Waals surface area contributed by atoms with E-state index in [4.69, 9.17) is 10.5 Å². The molecule has 5 nitrogen and oxygen atoms in total. The second-order valence-electron chi connectivity index (χ2n) is 6.79. The summed E-state index contributed by atoms with van der Waals surface area (Å²) in [5.74, 6) is -0.138. The summed E-state index contributed by atoms with van der Waals surface area (Å²) in [7, 11) is 7.40. The van der Waals surface area contributed by atoms with Crippen LogP contribution in [0.4, 0.5) is 0 Å². The fourth-order valence-electron chi connectivity index (χ4n) is 2.34. The van der Waals surface area contributed by atoms with Crippen molar-refractivity contribution in [1.29, 1.82) is 5.41 Å². The molecule has 0 saturated heterocycles. The van der Waals surface area contributed by atoms with Crippen LogP contribution < -0.4 is 0 Å². The van der Waals surface area contributed by atoms with Gasteiger partial charge in [0.1, 0.15) is 0 Å². The molecule has 0 atom stereocenters. The first-order chi connectivity index (χ1) is 11.3. The number of nitrogens with zero attached hydrogens (tertiary/aromatic N) is 2. The highest BCUT2D eigenvalue weighted by molar-refractivity contribution is 5.75. The Bertz CT molecular complexity index is 295. The highest BCUT2D eigenvalue weighted by atomic mass is 16.4. The van der Waals surface area contributed by atoms with Crippen molar-refractivity contribution in [2.24, 2.45) is 0 Å². The minimum absolute atomic E-state index is 0.344. The Labute approximate surface area is 149 Å². The first-order valence-electron chi connectivity index (χ1n) is 9.47. The van der Waals surface area contributed by atoms with Crippen LogP contribution in [0.3, 0.4) is 0 Å². The molecule has 2 N–H and O–H groups in total. The van der Waals surface area contributed by atoms with E-state index < -0.39 is 5.97 Å². The van der Waals surface area contributed by atoms with Gasteiger partial charge in [0.2, 0.25) is 0 Å². The van der Waals surface area contributed by atoms with Gasteiger partial charge in [-0.05, 0) is 6.42 Å². The number of carboxylic acids is 1. The highest BCUT2D eigenvalue weighted by Gasteiger charge is 1.97. The Morgan fingerprint density at radius 3 is 1.33 bits per heavy atom. The molecular formula is C19H41N3O2. The molecule has 24 heavy (non-hydrogen) atoms. The van der Waals surface area contributed by atoms with E-state index in [-0.39, 0.29) is 0 Å². The topological polar surface area (TPSA) is 67.6 Å². The van der Waals surface area contributed by atoms with Gasteiger partial charge in [-0.2, -0.15) is 0 Å². The van der Waals surface area contributed by atoms with Gasteiger partial charge in [0.15, 0.2) is 5.96 Å². The summed E-state index contributed by atoms with van der Waals surface area (Å²) in [5.41, 5.74) is 0. The first kappa shape index (κ1) is 25.0. The third-order valence-electron chi connectivity index (χ3n) is 3.84.